The number of carbonyl (C=O) groups is 2. The SMILES string of the molecule is CCN(CC)c1ccc(N2C(=O)C(=O)/C(=C(\O)c3cccc4ccccc34)C2c2ccc(N(C)C)cc2)cc1. The third-order valence-corrected chi connectivity index (χ3v) is 7.47. The molecular weight excluding hydrogens is 486 g/mol. The number of hydrogen-bond donors (Lipinski definition) is 1. The Morgan fingerprint density at radius 3 is 2.05 bits per heavy atom. The number of aliphatic hydroxyl groups is 1. The van der Waals surface area contributed by atoms with Gasteiger partial charge in [-0.2, -0.15) is 0 Å². The molecule has 0 aromatic heterocycles. The number of nitrogens with zero attached hydrogens (tertiary/aromatic N) is 3. The molecule has 1 aliphatic rings. The van der Waals surface area contributed by atoms with Crippen molar-refractivity contribution in [1.29, 1.82) is 0 Å². The molecule has 4 aromatic rings. The van der Waals surface area contributed by atoms with E-state index < -0.39 is 17.7 Å². The van der Waals surface area contributed by atoms with Gasteiger partial charge in [0.05, 0.1) is 11.6 Å². The van der Waals surface area contributed by atoms with Gasteiger partial charge < -0.3 is 14.9 Å². The van der Waals surface area contributed by atoms with E-state index in [-0.39, 0.29) is 11.3 Å². The molecule has 1 saturated heterocycles. The third-order valence-electron chi connectivity index (χ3n) is 7.47. The van der Waals surface area contributed by atoms with E-state index in [4.69, 9.17) is 0 Å². The highest BCUT2D eigenvalue weighted by Gasteiger charge is 2.47. The van der Waals surface area contributed by atoms with Gasteiger partial charge in [0.2, 0.25) is 0 Å². The fourth-order valence-corrected chi connectivity index (χ4v) is 5.36. The fraction of sp³-hybridized carbons (Fsp3) is 0.212. The molecule has 5 rings (SSSR count). The fourth-order valence-electron chi connectivity index (χ4n) is 5.36. The number of hydrogen-bond acceptors (Lipinski definition) is 5. The average molecular weight is 520 g/mol. The maximum atomic E-state index is 13.6. The largest absolute Gasteiger partial charge is 0.507 e. The summed E-state index contributed by atoms with van der Waals surface area (Å²) >= 11 is 0. The highest BCUT2D eigenvalue weighted by Crippen LogP contribution is 2.43. The Kier molecular flexibility index (Phi) is 7.11. The minimum atomic E-state index is -0.778. The number of anilines is 3. The van der Waals surface area contributed by atoms with Crippen molar-refractivity contribution in [3.63, 3.8) is 0 Å². The van der Waals surface area contributed by atoms with E-state index in [9.17, 15) is 14.7 Å². The third kappa shape index (κ3) is 4.63. The van der Waals surface area contributed by atoms with E-state index in [1.807, 2.05) is 104 Å². The molecule has 0 radical (unpaired) electrons. The molecular formula is C33H33N3O3. The first-order valence-electron chi connectivity index (χ1n) is 13.3. The molecule has 1 aliphatic heterocycles. The van der Waals surface area contributed by atoms with E-state index >= 15 is 0 Å². The van der Waals surface area contributed by atoms with E-state index in [1.54, 1.807) is 6.07 Å². The van der Waals surface area contributed by atoms with Gasteiger partial charge in [-0.25, -0.2) is 0 Å². The molecule has 1 heterocycles. The molecule has 0 aliphatic carbocycles. The van der Waals surface area contributed by atoms with Crippen LogP contribution in [0, 0.1) is 0 Å². The van der Waals surface area contributed by atoms with Gasteiger partial charge in [0.15, 0.2) is 0 Å². The van der Waals surface area contributed by atoms with Gasteiger partial charge in [-0.3, -0.25) is 14.5 Å². The lowest BCUT2D eigenvalue weighted by Gasteiger charge is -2.27. The van der Waals surface area contributed by atoms with Crippen LogP contribution in [-0.4, -0.2) is 44.0 Å². The van der Waals surface area contributed by atoms with E-state index in [2.05, 4.69) is 18.7 Å². The minimum Gasteiger partial charge on any atom is -0.507 e. The van der Waals surface area contributed by atoms with Gasteiger partial charge in [0, 0.05) is 49.8 Å². The van der Waals surface area contributed by atoms with Gasteiger partial charge in [0.1, 0.15) is 5.76 Å². The monoisotopic (exact) mass is 519 g/mol. The normalized spacial score (nSPS) is 16.6. The van der Waals surface area contributed by atoms with E-state index in [1.165, 1.54) is 4.90 Å². The molecule has 1 fully saturated rings. The highest BCUT2D eigenvalue weighted by molar-refractivity contribution is 6.51. The van der Waals surface area contributed by atoms with Crippen LogP contribution >= 0.6 is 0 Å². The zero-order valence-electron chi connectivity index (χ0n) is 22.8. The van der Waals surface area contributed by atoms with Crippen LogP contribution in [0.15, 0.2) is 96.6 Å². The summed E-state index contributed by atoms with van der Waals surface area (Å²) in [6.07, 6.45) is 0. The molecule has 1 unspecified atom stereocenters. The topological polar surface area (TPSA) is 64.1 Å². The van der Waals surface area contributed by atoms with E-state index in [0.29, 0.717) is 11.3 Å². The highest BCUT2D eigenvalue weighted by atomic mass is 16.3. The first-order chi connectivity index (χ1) is 18.8. The van der Waals surface area contributed by atoms with Crippen molar-refractivity contribution in [2.24, 2.45) is 0 Å². The van der Waals surface area contributed by atoms with Crippen molar-refractivity contribution in [2.45, 2.75) is 19.9 Å². The van der Waals surface area contributed by atoms with Crippen molar-refractivity contribution in [2.75, 3.05) is 41.9 Å². The van der Waals surface area contributed by atoms with Gasteiger partial charge in [-0.15, -0.1) is 0 Å². The predicted molar refractivity (Wildman–Crippen MR) is 160 cm³/mol. The molecule has 39 heavy (non-hydrogen) atoms. The Balaban J connectivity index is 1.70. The average Bonchev–Trinajstić information content (AvgIpc) is 3.23. The Morgan fingerprint density at radius 1 is 0.795 bits per heavy atom. The van der Waals surface area contributed by atoms with Crippen LogP contribution in [0.1, 0.15) is 31.0 Å². The number of Topliss-reactive ketones (excluding diaryl/α,β-unsaturated/α-hetero) is 1. The maximum absolute atomic E-state index is 13.6. The van der Waals surface area contributed by atoms with Crippen LogP contribution in [0.3, 0.4) is 0 Å². The lowest BCUT2D eigenvalue weighted by molar-refractivity contribution is -0.132. The lowest BCUT2D eigenvalue weighted by atomic mass is 9.93. The second kappa shape index (κ2) is 10.7. The Bertz CT molecular complexity index is 1550. The van der Waals surface area contributed by atoms with Crippen molar-refractivity contribution in [3.05, 3.63) is 108 Å². The molecule has 1 N–H and O–H groups in total. The van der Waals surface area contributed by atoms with Crippen LogP contribution in [0.4, 0.5) is 17.1 Å². The summed E-state index contributed by atoms with van der Waals surface area (Å²) in [5.41, 5.74) is 4.00. The van der Waals surface area contributed by atoms with Gasteiger partial charge in [-0.05, 0) is 66.6 Å². The summed E-state index contributed by atoms with van der Waals surface area (Å²) in [4.78, 5) is 33.0. The van der Waals surface area contributed by atoms with Crippen LogP contribution in [0.5, 0.6) is 0 Å². The Hall–Kier alpha value is -4.58. The molecule has 1 atom stereocenters. The Morgan fingerprint density at radius 2 is 1.41 bits per heavy atom. The van der Waals surface area contributed by atoms with Crippen molar-refractivity contribution < 1.29 is 14.7 Å². The molecule has 0 saturated carbocycles. The quantitative estimate of drug-likeness (QED) is 0.174. The molecule has 6 nitrogen and oxygen atoms in total. The summed E-state index contributed by atoms with van der Waals surface area (Å²) in [6, 6.07) is 27.9. The van der Waals surface area contributed by atoms with Gasteiger partial charge >= 0.3 is 0 Å². The first-order valence-corrected chi connectivity index (χ1v) is 13.3. The summed E-state index contributed by atoms with van der Waals surface area (Å²) in [6.45, 7) is 5.93. The molecule has 4 aromatic carbocycles. The summed E-state index contributed by atoms with van der Waals surface area (Å²) in [5, 5.41) is 13.4. The Labute approximate surface area is 229 Å². The number of carbonyl (C=O) groups excluding carboxylic acids is 2. The predicted octanol–water partition coefficient (Wildman–Crippen LogP) is 6.38. The minimum absolute atomic E-state index is 0.0850. The van der Waals surface area contributed by atoms with Gasteiger partial charge in [0.25, 0.3) is 11.7 Å². The van der Waals surface area contributed by atoms with Crippen LogP contribution < -0.4 is 14.7 Å². The lowest BCUT2D eigenvalue weighted by Crippen LogP contribution is -2.29. The number of aliphatic hydroxyl groups excluding tert-OH is 1. The summed E-state index contributed by atoms with van der Waals surface area (Å²) < 4.78 is 0. The van der Waals surface area contributed by atoms with Gasteiger partial charge in [-0.1, -0.05) is 54.6 Å². The van der Waals surface area contributed by atoms with Crippen molar-refractivity contribution in [3.8, 4) is 0 Å². The number of rotatable bonds is 7. The van der Waals surface area contributed by atoms with E-state index in [0.717, 1.165) is 40.8 Å². The zero-order valence-corrected chi connectivity index (χ0v) is 22.8. The standard InChI is InChI=1S/C33H33N3O3/c1-5-35(6-2)25-18-20-26(21-19-25)36-30(23-14-16-24(17-15-23)34(3)4)29(32(38)33(36)39)31(37)28-13-9-11-22-10-7-8-12-27(22)28/h7-21,30,37H,5-6H2,1-4H3/b31-29-. The summed E-state index contributed by atoms with van der Waals surface area (Å²) in [5.74, 6) is -1.53. The van der Waals surface area contributed by atoms with Crippen molar-refractivity contribution >= 4 is 45.3 Å². The first kappa shape index (κ1) is 26.0. The second-order valence-electron chi connectivity index (χ2n) is 9.87. The number of fused-ring (bicyclic) bond motifs is 1. The van der Waals surface area contributed by atoms with Crippen LogP contribution in [-0.2, 0) is 9.59 Å². The van der Waals surface area contributed by atoms with Crippen LogP contribution in [0.25, 0.3) is 16.5 Å². The number of ketones is 1. The van der Waals surface area contributed by atoms with Crippen molar-refractivity contribution in [1.82, 2.24) is 0 Å². The molecule has 6 heteroatoms. The molecule has 0 bridgehead atoms. The molecule has 0 spiro atoms. The molecule has 198 valence electrons. The maximum Gasteiger partial charge on any atom is 0.300 e. The molecule has 1 amide bonds. The number of benzene rings is 4. The zero-order chi connectivity index (χ0) is 27.7. The van der Waals surface area contributed by atoms with Crippen LogP contribution in [0.2, 0.25) is 0 Å². The second-order valence-corrected chi connectivity index (χ2v) is 9.87. The number of amides is 1. The smallest absolute Gasteiger partial charge is 0.300 e. The summed E-state index contributed by atoms with van der Waals surface area (Å²) in [7, 11) is 3.91.